The van der Waals surface area contributed by atoms with Gasteiger partial charge in [-0.25, -0.2) is 14.4 Å². The van der Waals surface area contributed by atoms with Gasteiger partial charge in [-0.2, -0.15) is 17.6 Å². The Kier molecular flexibility index (Phi) is 8.49. The van der Waals surface area contributed by atoms with Crippen molar-refractivity contribution in [3.63, 3.8) is 0 Å². The number of ether oxygens (including phenoxy) is 1. The van der Waals surface area contributed by atoms with Crippen molar-refractivity contribution in [1.29, 1.82) is 0 Å². The number of aldehydes is 1. The summed E-state index contributed by atoms with van der Waals surface area (Å²) in [5, 5.41) is 2.87. The minimum Gasteiger partial charge on any atom is -0.377 e. The van der Waals surface area contributed by atoms with Crippen LogP contribution < -0.4 is 16.0 Å². The van der Waals surface area contributed by atoms with Gasteiger partial charge < -0.3 is 25.5 Å². The van der Waals surface area contributed by atoms with Crippen LogP contribution >= 0.6 is 0 Å². The fourth-order valence-electron chi connectivity index (χ4n) is 4.58. The monoisotopic (exact) mass is 529 g/mol. The molecule has 0 spiro atoms. The number of rotatable bonds is 8. The molecule has 0 bridgehead atoms. The van der Waals surface area contributed by atoms with Gasteiger partial charge in [-0.05, 0) is 25.1 Å². The van der Waals surface area contributed by atoms with Crippen LogP contribution in [0.2, 0.25) is 0 Å². The maximum absolute atomic E-state index is 15.5. The van der Waals surface area contributed by atoms with Crippen molar-refractivity contribution in [3.8, 4) is 0 Å². The van der Waals surface area contributed by atoms with Crippen molar-refractivity contribution in [2.75, 3.05) is 56.2 Å². The summed E-state index contributed by atoms with van der Waals surface area (Å²) in [5.74, 6) is -1.36. The van der Waals surface area contributed by atoms with Crippen LogP contribution in [0.1, 0.15) is 23.7 Å². The predicted molar refractivity (Wildman–Crippen MR) is 124 cm³/mol. The number of anilines is 2. The summed E-state index contributed by atoms with van der Waals surface area (Å²) < 4.78 is 74.5. The number of nitrogens with one attached hydrogen (secondary N) is 1. The smallest absolute Gasteiger partial charge is 0.377 e. The van der Waals surface area contributed by atoms with E-state index in [2.05, 4.69) is 20.3 Å². The van der Waals surface area contributed by atoms with Gasteiger partial charge in [0, 0.05) is 38.3 Å². The molecule has 2 fully saturated rings. The van der Waals surface area contributed by atoms with Gasteiger partial charge >= 0.3 is 6.18 Å². The first-order chi connectivity index (χ1) is 17.7. The van der Waals surface area contributed by atoms with Crippen LogP contribution in [0.3, 0.4) is 0 Å². The molecule has 0 saturated carbocycles. The molecule has 4 rings (SSSR count). The maximum Gasteiger partial charge on any atom is 0.417 e. The van der Waals surface area contributed by atoms with Crippen molar-refractivity contribution < 1.29 is 31.5 Å². The normalized spacial score (nSPS) is 24.1. The molecule has 9 nitrogen and oxygen atoms in total. The molecule has 202 valence electrons. The molecule has 1 unspecified atom stereocenters. The Morgan fingerprint density at radius 1 is 1.24 bits per heavy atom. The van der Waals surface area contributed by atoms with Crippen molar-refractivity contribution >= 4 is 17.9 Å². The van der Waals surface area contributed by atoms with E-state index in [1.165, 1.54) is 12.4 Å². The number of nitrogens with zero attached hydrogens (tertiary/aromatic N) is 5. The van der Waals surface area contributed by atoms with Crippen LogP contribution in [0.5, 0.6) is 0 Å². The zero-order valence-corrected chi connectivity index (χ0v) is 19.9. The zero-order valence-electron chi connectivity index (χ0n) is 19.9. The van der Waals surface area contributed by atoms with Gasteiger partial charge in [0.2, 0.25) is 5.82 Å². The number of likely N-dealkylation sites (tertiary alicyclic amines) is 1. The summed E-state index contributed by atoms with van der Waals surface area (Å²) in [6, 6.07) is 0.957. The lowest BCUT2D eigenvalue weighted by molar-refractivity contribution is -0.137. The van der Waals surface area contributed by atoms with Crippen molar-refractivity contribution in [2.24, 2.45) is 11.7 Å². The SMILES string of the molecule is NCC(C=O)N1CC[C@H](CNc2ncnc(N3CCOC[C@@H]3c3ccc(C(F)(F)F)cn3)c2F)[C@@H](F)C1. The lowest BCUT2D eigenvalue weighted by Gasteiger charge is -2.37. The quantitative estimate of drug-likeness (QED) is 0.393. The molecule has 2 aliphatic heterocycles. The minimum absolute atomic E-state index is 0.0556. The highest BCUT2D eigenvalue weighted by atomic mass is 19.4. The molecule has 3 N–H and O–H groups in total. The first-order valence-electron chi connectivity index (χ1n) is 11.9. The summed E-state index contributed by atoms with van der Waals surface area (Å²) >= 11 is 0. The molecular formula is C23H28F5N7O2. The number of hydrogen-bond acceptors (Lipinski definition) is 9. The lowest BCUT2D eigenvalue weighted by Crippen LogP contribution is -2.51. The van der Waals surface area contributed by atoms with Gasteiger partial charge in [0.15, 0.2) is 11.6 Å². The number of hydrogen-bond donors (Lipinski definition) is 2. The zero-order chi connectivity index (χ0) is 26.6. The van der Waals surface area contributed by atoms with Crippen LogP contribution in [0.4, 0.5) is 33.6 Å². The van der Waals surface area contributed by atoms with E-state index in [1.807, 2.05) is 0 Å². The van der Waals surface area contributed by atoms with Crippen LogP contribution in [0.25, 0.3) is 0 Å². The summed E-state index contributed by atoms with van der Waals surface area (Å²) in [5.41, 5.74) is 4.96. The first-order valence-corrected chi connectivity index (χ1v) is 11.9. The molecule has 4 atom stereocenters. The van der Waals surface area contributed by atoms with E-state index in [0.717, 1.165) is 12.3 Å². The molecule has 37 heavy (non-hydrogen) atoms. The molecule has 0 aromatic carbocycles. The highest BCUT2D eigenvalue weighted by Crippen LogP contribution is 2.33. The number of pyridine rings is 1. The Morgan fingerprint density at radius 2 is 2.05 bits per heavy atom. The molecule has 2 saturated heterocycles. The van der Waals surface area contributed by atoms with E-state index in [-0.39, 0.29) is 56.7 Å². The third-order valence-electron chi connectivity index (χ3n) is 6.73. The Balaban J connectivity index is 1.46. The topological polar surface area (TPSA) is 110 Å². The van der Waals surface area contributed by atoms with Crippen LogP contribution in [0, 0.1) is 11.7 Å². The predicted octanol–water partition coefficient (Wildman–Crippen LogP) is 2.21. The van der Waals surface area contributed by atoms with Crippen molar-refractivity contribution in [2.45, 2.75) is 30.9 Å². The second kappa shape index (κ2) is 11.6. The van der Waals surface area contributed by atoms with E-state index >= 15 is 4.39 Å². The van der Waals surface area contributed by atoms with E-state index in [9.17, 15) is 22.4 Å². The Labute approximate surface area is 210 Å². The average molecular weight is 530 g/mol. The highest BCUT2D eigenvalue weighted by molar-refractivity contribution is 5.58. The fraction of sp³-hybridized carbons (Fsp3) is 0.565. The van der Waals surface area contributed by atoms with Crippen LogP contribution in [-0.2, 0) is 15.7 Å². The van der Waals surface area contributed by atoms with Crippen molar-refractivity contribution in [3.05, 3.63) is 41.7 Å². The standard InChI is InChI=1S/C23H28F5N7O2/c24-17-10-34(16(7-29)11-36)4-3-14(17)8-31-21-20(25)22(33-13-32-21)35-5-6-37-12-19(35)18-2-1-15(9-30-18)23(26,27)28/h1-2,9,11,13-14,16-17,19H,3-8,10,12,29H2,(H,31,32,33)/t14-,16?,17+,19-/m1/s1. The number of aromatic nitrogens is 3. The minimum atomic E-state index is -4.52. The fourth-order valence-corrected chi connectivity index (χ4v) is 4.58. The first kappa shape index (κ1) is 27.1. The Morgan fingerprint density at radius 3 is 2.70 bits per heavy atom. The van der Waals surface area contributed by atoms with Gasteiger partial charge in [0.1, 0.15) is 18.8 Å². The van der Waals surface area contributed by atoms with Gasteiger partial charge in [0.25, 0.3) is 0 Å². The van der Waals surface area contributed by atoms with Gasteiger partial charge in [0.05, 0.1) is 36.6 Å². The molecular weight excluding hydrogens is 501 g/mol. The summed E-state index contributed by atoms with van der Waals surface area (Å²) in [6.45, 7) is 1.33. The summed E-state index contributed by atoms with van der Waals surface area (Å²) in [7, 11) is 0. The third-order valence-corrected chi connectivity index (χ3v) is 6.73. The summed E-state index contributed by atoms with van der Waals surface area (Å²) in [4.78, 5) is 26.4. The van der Waals surface area contributed by atoms with Gasteiger partial charge in [-0.3, -0.25) is 9.88 Å². The van der Waals surface area contributed by atoms with Crippen LogP contribution in [0.15, 0.2) is 24.7 Å². The maximum atomic E-state index is 15.5. The molecule has 4 heterocycles. The summed E-state index contributed by atoms with van der Waals surface area (Å²) in [6.07, 6.45) is -2.71. The van der Waals surface area contributed by atoms with Gasteiger partial charge in [-0.15, -0.1) is 0 Å². The molecule has 2 aromatic heterocycles. The number of carbonyl (C=O) groups is 1. The molecule has 0 amide bonds. The second-order valence-corrected chi connectivity index (χ2v) is 8.99. The number of halogens is 5. The molecule has 14 heteroatoms. The molecule has 2 aliphatic rings. The molecule has 2 aromatic rings. The third kappa shape index (κ3) is 6.13. The number of piperidine rings is 1. The lowest BCUT2D eigenvalue weighted by atomic mass is 9.94. The number of alkyl halides is 4. The Hall–Kier alpha value is -2.97. The molecule has 0 aliphatic carbocycles. The van der Waals surface area contributed by atoms with E-state index in [4.69, 9.17) is 10.5 Å². The van der Waals surface area contributed by atoms with E-state index in [1.54, 1.807) is 9.80 Å². The Bertz CT molecular complexity index is 1060. The van der Waals surface area contributed by atoms with E-state index in [0.29, 0.717) is 19.3 Å². The van der Waals surface area contributed by atoms with E-state index < -0.39 is 41.7 Å². The highest BCUT2D eigenvalue weighted by Gasteiger charge is 2.35. The van der Waals surface area contributed by atoms with Crippen molar-refractivity contribution in [1.82, 2.24) is 19.9 Å². The second-order valence-electron chi connectivity index (χ2n) is 8.99. The molecule has 0 radical (unpaired) electrons. The van der Waals surface area contributed by atoms with Crippen LogP contribution in [-0.4, -0.2) is 84.3 Å². The number of nitrogens with two attached hydrogens (primary N) is 1. The average Bonchev–Trinajstić information content (AvgIpc) is 2.89. The number of morpholine rings is 1. The number of carbonyl (C=O) groups excluding carboxylic acids is 1. The van der Waals surface area contributed by atoms with Gasteiger partial charge in [-0.1, -0.05) is 0 Å². The largest absolute Gasteiger partial charge is 0.417 e.